The molecule has 0 saturated heterocycles. The first-order valence-electron chi connectivity index (χ1n) is 18.4. The number of rotatable bonds is 2. The van der Waals surface area contributed by atoms with Crippen molar-refractivity contribution in [2.24, 2.45) is 46.3 Å². The highest BCUT2D eigenvalue weighted by molar-refractivity contribution is 6.16. The van der Waals surface area contributed by atoms with E-state index in [4.69, 9.17) is 28.4 Å². The van der Waals surface area contributed by atoms with E-state index in [1.54, 1.807) is 6.92 Å². The van der Waals surface area contributed by atoms with Crippen LogP contribution in [0.4, 0.5) is 0 Å². The van der Waals surface area contributed by atoms with Gasteiger partial charge in [-0.25, -0.2) is 19.2 Å². The quantitative estimate of drug-likeness (QED) is 0.246. The van der Waals surface area contributed by atoms with E-state index < -0.39 is 82.3 Å². The van der Waals surface area contributed by atoms with E-state index in [-0.39, 0.29) is 84.0 Å². The second-order valence-corrected chi connectivity index (χ2v) is 16.6. The van der Waals surface area contributed by atoms with Crippen LogP contribution in [0.5, 0.6) is 0 Å². The first-order valence-corrected chi connectivity index (χ1v) is 18.4. The van der Waals surface area contributed by atoms with Gasteiger partial charge in [0.2, 0.25) is 0 Å². The Labute approximate surface area is 309 Å². The van der Waals surface area contributed by atoms with Crippen molar-refractivity contribution in [2.45, 2.75) is 71.0 Å². The third kappa shape index (κ3) is 4.23. The lowest BCUT2D eigenvalue weighted by Crippen LogP contribution is -2.61. The van der Waals surface area contributed by atoms with Gasteiger partial charge in [0.15, 0.2) is 5.60 Å². The van der Waals surface area contributed by atoms with Crippen LogP contribution >= 0.6 is 0 Å². The van der Waals surface area contributed by atoms with Crippen LogP contribution in [0.3, 0.4) is 0 Å². The molecule has 14 nitrogen and oxygen atoms in total. The average Bonchev–Trinajstić information content (AvgIpc) is 4.04. The fourth-order valence-corrected chi connectivity index (χ4v) is 11.6. The maximum absolute atomic E-state index is 14.4. The molecule has 0 aromatic rings. The Balaban J connectivity index is 1.29. The second-order valence-electron chi connectivity index (χ2n) is 16.6. The molecule has 5 fully saturated rings. The zero-order valence-electron chi connectivity index (χ0n) is 30.5. The highest BCUT2D eigenvalue weighted by Crippen LogP contribution is 2.81. The summed E-state index contributed by atoms with van der Waals surface area (Å²) in [5.74, 6) is -7.46. The summed E-state index contributed by atoms with van der Waals surface area (Å²) >= 11 is 0. The number of methoxy groups -OCH3 is 1. The Kier molecular flexibility index (Phi) is 7.18. The van der Waals surface area contributed by atoms with Gasteiger partial charge in [-0.05, 0) is 91.9 Å². The largest absolute Gasteiger partial charge is 0.468 e. The standard InChI is InChI=1S/C40H40O14/c1-16-8-9-50-27(41)6-7-28(42)51-14-20-22-13-25-37(3,23-12-24(23)39(25,48)15-52-32(16)43)26-11-19-18-10-21(18)38(4,36(47)49-5)30(19)31(40(22,26)54-34(20)45)29-17(2)33(44)53-35(29)46/h8,11,18,21,23-26,48H,6-7,9-10,12-15H2,1-5H3. The molecule has 2 bridgehead atoms. The predicted octanol–water partition coefficient (Wildman–Crippen LogP) is 2.44. The number of aliphatic hydroxyl groups is 1. The molecule has 0 aromatic heterocycles. The summed E-state index contributed by atoms with van der Waals surface area (Å²) in [6.45, 7) is 5.60. The van der Waals surface area contributed by atoms with Crippen LogP contribution < -0.4 is 0 Å². The SMILES string of the molecule is COC(=O)C1(C)C2=C(C3=C(C)C(=O)OC3=O)C34OC(=O)C5=C3CC3C(O)(COC(=O)C(C)=CCOC(=O)CCC(=O)OC5)C5CC5C3(C)C4C=C2C2CC21. The molecule has 9 rings (SSSR count). The molecule has 6 aliphatic carbocycles. The molecule has 1 spiro atoms. The Morgan fingerprint density at radius 2 is 1.59 bits per heavy atom. The monoisotopic (exact) mass is 744 g/mol. The number of esters is 7. The molecule has 0 aromatic carbocycles. The van der Waals surface area contributed by atoms with E-state index in [1.165, 1.54) is 27.0 Å². The Morgan fingerprint density at radius 1 is 0.870 bits per heavy atom. The van der Waals surface area contributed by atoms with Crippen LogP contribution in [0.2, 0.25) is 0 Å². The van der Waals surface area contributed by atoms with Gasteiger partial charge in [0.05, 0.1) is 36.5 Å². The summed E-state index contributed by atoms with van der Waals surface area (Å²) in [4.78, 5) is 93.8. The molecule has 9 aliphatic rings. The van der Waals surface area contributed by atoms with E-state index in [0.29, 0.717) is 24.0 Å². The number of allylic oxidation sites excluding steroid dienone is 1. The normalized spacial score (nSPS) is 42.3. The molecule has 10 unspecified atom stereocenters. The topological polar surface area (TPSA) is 195 Å². The highest BCUT2D eigenvalue weighted by Gasteiger charge is 2.82. The molecular formula is C40H40O14. The third-order valence-corrected chi connectivity index (χ3v) is 14.4. The zero-order chi connectivity index (χ0) is 38.4. The summed E-state index contributed by atoms with van der Waals surface area (Å²) in [5, 5.41) is 12.7. The van der Waals surface area contributed by atoms with E-state index in [2.05, 4.69) is 0 Å². The van der Waals surface area contributed by atoms with Crippen molar-refractivity contribution in [3.63, 3.8) is 0 Å². The van der Waals surface area contributed by atoms with Gasteiger partial charge in [-0.15, -0.1) is 0 Å². The van der Waals surface area contributed by atoms with Gasteiger partial charge in [-0.1, -0.05) is 13.0 Å². The molecule has 5 saturated carbocycles. The number of ether oxygens (including phenoxy) is 6. The van der Waals surface area contributed by atoms with Crippen molar-refractivity contribution in [3.05, 3.63) is 56.7 Å². The number of hydrogen-bond acceptors (Lipinski definition) is 14. The van der Waals surface area contributed by atoms with Crippen molar-refractivity contribution in [1.29, 1.82) is 0 Å². The van der Waals surface area contributed by atoms with Gasteiger partial charge < -0.3 is 33.5 Å². The number of carbonyl (C=O) groups is 7. The number of carbonyl (C=O) groups excluding carboxylic acids is 7. The van der Waals surface area contributed by atoms with Crippen molar-refractivity contribution in [2.75, 3.05) is 26.9 Å². The first-order chi connectivity index (χ1) is 25.5. The molecule has 14 heteroatoms. The van der Waals surface area contributed by atoms with Gasteiger partial charge in [-0.2, -0.15) is 0 Å². The molecule has 284 valence electrons. The average molecular weight is 745 g/mol. The zero-order valence-corrected chi connectivity index (χ0v) is 30.5. The summed E-state index contributed by atoms with van der Waals surface area (Å²) in [7, 11) is 1.29. The predicted molar refractivity (Wildman–Crippen MR) is 179 cm³/mol. The molecular weight excluding hydrogens is 704 g/mol. The van der Waals surface area contributed by atoms with Crippen LogP contribution in [0.15, 0.2) is 56.7 Å². The minimum Gasteiger partial charge on any atom is -0.468 e. The molecule has 0 radical (unpaired) electrons. The summed E-state index contributed by atoms with van der Waals surface area (Å²) in [6, 6.07) is 0. The maximum atomic E-state index is 14.4. The van der Waals surface area contributed by atoms with Crippen molar-refractivity contribution in [1.82, 2.24) is 0 Å². The van der Waals surface area contributed by atoms with E-state index >= 15 is 0 Å². The van der Waals surface area contributed by atoms with Crippen LogP contribution in [0, 0.1) is 46.3 Å². The lowest BCUT2D eigenvalue weighted by Gasteiger charge is -2.58. The molecule has 3 heterocycles. The van der Waals surface area contributed by atoms with Crippen molar-refractivity contribution < 1.29 is 67.1 Å². The molecule has 1 N–H and O–H groups in total. The minimum absolute atomic E-state index is 0.00485. The lowest BCUT2D eigenvalue weighted by molar-refractivity contribution is -0.170. The van der Waals surface area contributed by atoms with Crippen LogP contribution in [-0.4, -0.2) is 85.0 Å². The van der Waals surface area contributed by atoms with E-state index in [0.717, 1.165) is 5.57 Å². The summed E-state index contributed by atoms with van der Waals surface area (Å²) in [5.41, 5.74) is -3.67. The van der Waals surface area contributed by atoms with Gasteiger partial charge in [-0.3, -0.25) is 14.4 Å². The molecule has 0 amide bonds. The first kappa shape index (κ1) is 34.9. The van der Waals surface area contributed by atoms with Gasteiger partial charge in [0, 0.05) is 28.6 Å². The Bertz CT molecular complexity index is 2100. The van der Waals surface area contributed by atoms with Crippen LogP contribution in [-0.2, 0) is 62.0 Å². The van der Waals surface area contributed by atoms with Gasteiger partial charge >= 0.3 is 41.8 Å². The Morgan fingerprint density at radius 3 is 2.28 bits per heavy atom. The maximum Gasteiger partial charge on any atom is 0.347 e. The molecule has 3 aliphatic heterocycles. The van der Waals surface area contributed by atoms with Gasteiger partial charge in [0.25, 0.3) is 0 Å². The number of cyclic esters (lactones) is 5. The fraction of sp³-hybridized carbons (Fsp3) is 0.575. The highest BCUT2D eigenvalue weighted by atomic mass is 16.6. The minimum atomic E-state index is -1.78. The summed E-state index contributed by atoms with van der Waals surface area (Å²) < 4.78 is 33.7. The van der Waals surface area contributed by atoms with Crippen molar-refractivity contribution in [3.8, 4) is 0 Å². The van der Waals surface area contributed by atoms with Crippen LogP contribution in [0.25, 0.3) is 0 Å². The Hall–Kier alpha value is -4.85. The lowest BCUT2D eigenvalue weighted by atomic mass is 9.47. The van der Waals surface area contributed by atoms with E-state index in [9.17, 15) is 38.7 Å². The molecule has 54 heavy (non-hydrogen) atoms. The number of hydrogen-bond donors (Lipinski definition) is 1. The van der Waals surface area contributed by atoms with Gasteiger partial charge in [0.1, 0.15) is 25.4 Å². The smallest absolute Gasteiger partial charge is 0.347 e. The summed E-state index contributed by atoms with van der Waals surface area (Å²) in [6.07, 6.45) is 4.01. The van der Waals surface area contributed by atoms with E-state index in [1.807, 2.05) is 13.0 Å². The fourth-order valence-electron chi connectivity index (χ4n) is 11.6. The van der Waals surface area contributed by atoms with Crippen molar-refractivity contribution >= 4 is 41.8 Å². The third-order valence-electron chi connectivity index (χ3n) is 14.4. The van der Waals surface area contributed by atoms with Crippen LogP contribution in [0.1, 0.15) is 59.8 Å². The number of fused-ring (bicyclic) bond motifs is 7. The second kappa shape index (κ2) is 11.1. The molecule has 10 atom stereocenters.